The van der Waals surface area contributed by atoms with Gasteiger partial charge in [0.25, 0.3) is 5.56 Å². The largest absolute Gasteiger partial charge is 0.383 e. The number of fused-ring (bicyclic) bond motifs is 1. The smallest absolute Gasteiger partial charge is 0.252 e. The van der Waals surface area contributed by atoms with Crippen molar-refractivity contribution in [2.75, 3.05) is 26.9 Å². The van der Waals surface area contributed by atoms with Gasteiger partial charge in [-0.3, -0.25) is 9.69 Å². The number of nitrogens with one attached hydrogen (secondary N) is 1. The Morgan fingerprint density at radius 1 is 1.32 bits per heavy atom. The zero-order chi connectivity index (χ0) is 21.6. The number of H-pyrrole nitrogens is 1. The highest BCUT2D eigenvalue weighted by Gasteiger charge is 2.22. The third kappa shape index (κ3) is 5.36. The van der Waals surface area contributed by atoms with Gasteiger partial charge < -0.3 is 14.5 Å². The van der Waals surface area contributed by atoms with Crippen molar-refractivity contribution >= 4 is 10.9 Å². The normalized spacial score (nSPS) is 16.5. The van der Waals surface area contributed by atoms with Crippen molar-refractivity contribution in [2.24, 2.45) is 0 Å². The summed E-state index contributed by atoms with van der Waals surface area (Å²) < 4.78 is 12.8. The van der Waals surface area contributed by atoms with Crippen LogP contribution in [-0.2, 0) is 35.5 Å². The molecule has 0 amide bonds. The van der Waals surface area contributed by atoms with Crippen molar-refractivity contribution in [1.82, 2.24) is 30.1 Å². The van der Waals surface area contributed by atoms with E-state index in [4.69, 9.17) is 9.47 Å². The average molecular weight is 427 g/mol. The molecule has 1 aromatic carbocycles. The summed E-state index contributed by atoms with van der Waals surface area (Å²) in [5.41, 5.74) is 2.78. The van der Waals surface area contributed by atoms with E-state index in [0.29, 0.717) is 26.2 Å². The number of ether oxygens (including phenoxy) is 2. The molecule has 31 heavy (non-hydrogen) atoms. The summed E-state index contributed by atoms with van der Waals surface area (Å²) in [4.78, 5) is 18.0. The van der Waals surface area contributed by atoms with Crippen LogP contribution in [0.5, 0.6) is 0 Å². The fourth-order valence-electron chi connectivity index (χ4n) is 4.03. The zero-order valence-corrected chi connectivity index (χ0v) is 18.2. The first-order valence-electron chi connectivity index (χ1n) is 10.9. The first kappa shape index (κ1) is 21.6. The Bertz CT molecular complexity index is 1060. The first-order chi connectivity index (χ1) is 15.2. The van der Waals surface area contributed by atoms with Gasteiger partial charge in [0.05, 0.1) is 25.8 Å². The monoisotopic (exact) mass is 426 g/mol. The van der Waals surface area contributed by atoms with E-state index >= 15 is 0 Å². The van der Waals surface area contributed by atoms with Crippen molar-refractivity contribution < 1.29 is 9.47 Å². The van der Waals surface area contributed by atoms with Gasteiger partial charge >= 0.3 is 0 Å². The summed E-state index contributed by atoms with van der Waals surface area (Å²) >= 11 is 0. The van der Waals surface area contributed by atoms with Crippen molar-refractivity contribution in [1.29, 1.82) is 0 Å². The third-order valence-corrected chi connectivity index (χ3v) is 5.75. The summed E-state index contributed by atoms with van der Waals surface area (Å²) in [7, 11) is 1.66. The minimum Gasteiger partial charge on any atom is -0.383 e. The number of benzene rings is 1. The Morgan fingerprint density at radius 2 is 2.23 bits per heavy atom. The van der Waals surface area contributed by atoms with Crippen LogP contribution in [0.3, 0.4) is 0 Å². The van der Waals surface area contributed by atoms with Crippen LogP contribution in [0.2, 0.25) is 0 Å². The quantitative estimate of drug-likeness (QED) is 0.529. The maximum Gasteiger partial charge on any atom is 0.252 e. The average Bonchev–Trinajstić information content (AvgIpc) is 3.44. The number of aryl methyl sites for hydroxylation is 1. The van der Waals surface area contributed by atoms with Gasteiger partial charge in [0.2, 0.25) is 0 Å². The second-order valence-electron chi connectivity index (χ2n) is 8.01. The lowest BCUT2D eigenvalue weighted by Crippen LogP contribution is -2.34. The first-order valence-corrected chi connectivity index (χ1v) is 10.9. The molecule has 2 aromatic heterocycles. The van der Waals surface area contributed by atoms with Crippen molar-refractivity contribution in [3.8, 4) is 0 Å². The molecule has 3 heterocycles. The molecule has 0 bridgehead atoms. The van der Waals surface area contributed by atoms with Crippen LogP contribution in [0, 0.1) is 0 Å². The van der Waals surface area contributed by atoms with Gasteiger partial charge in [0, 0.05) is 37.9 Å². The van der Waals surface area contributed by atoms with Gasteiger partial charge in [-0.05, 0) is 58.8 Å². The molecular formula is C22H30N6O3. The number of rotatable bonds is 10. The van der Waals surface area contributed by atoms with E-state index in [1.165, 1.54) is 5.56 Å². The molecular weight excluding hydrogens is 396 g/mol. The Morgan fingerprint density at radius 3 is 3.00 bits per heavy atom. The predicted octanol–water partition coefficient (Wildman–Crippen LogP) is 1.90. The van der Waals surface area contributed by atoms with E-state index in [1.54, 1.807) is 11.8 Å². The standard InChI is InChI=1S/C22H30N6O3/c1-3-16-6-7-20-17(11-16)12-18(22(29)23-20)13-27(14-19-5-4-9-31-19)15-21-24-25-26-28(21)8-10-30-2/h6-7,11-12,19H,3-5,8-10,13-15H2,1-2H3,(H,23,29). The third-order valence-electron chi connectivity index (χ3n) is 5.75. The van der Waals surface area contributed by atoms with E-state index in [1.807, 2.05) is 12.1 Å². The lowest BCUT2D eigenvalue weighted by Gasteiger charge is -2.24. The minimum absolute atomic E-state index is 0.0620. The van der Waals surface area contributed by atoms with E-state index in [-0.39, 0.29) is 11.7 Å². The summed E-state index contributed by atoms with van der Waals surface area (Å²) in [6.07, 6.45) is 3.22. The molecule has 166 valence electrons. The van der Waals surface area contributed by atoms with E-state index in [0.717, 1.165) is 54.7 Å². The molecule has 3 aromatic rings. The molecule has 1 N–H and O–H groups in total. The molecule has 1 fully saturated rings. The van der Waals surface area contributed by atoms with Crippen molar-refractivity contribution in [3.05, 3.63) is 51.6 Å². The highest BCUT2D eigenvalue weighted by Crippen LogP contribution is 2.18. The topological polar surface area (TPSA) is 98.2 Å². The SMILES string of the molecule is CCc1ccc2[nH]c(=O)c(CN(Cc3nnnn3CCOC)CC3CCCO3)cc2c1. The lowest BCUT2D eigenvalue weighted by molar-refractivity contribution is 0.0660. The van der Waals surface area contributed by atoms with Crippen LogP contribution in [-0.4, -0.2) is 63.1 Å². The second-order valence-corrected chi connectivity index (χ2v) is 8.01. The summed E-state index contributed by atoms with van der Waals surface area (Å²) in [6.45, 7) is 5.80. The van der Waals surface area contributed by atoms with Gasteiger partial charge in [0.1, 0.15) is 0 Å². The highest BCUT2D eigenvalue weighted by atomic mass is 16.5. The maximum atomic E-state index is 12.8. The minimum atomic E-state index is -0.0620. The number of tetrazole rings is 1. The van der Waals surface area contributed by atoms with Crippen molar-refractivity contribution in [2.45, 2.75) is 51.9 Å². The molecule has 0 aliphatic carbocycles. The maximum absolute atomic E-state index is 12.8. The number of hydrogen-bond donors (Lipinski definition) is 1. The number of pyridine rings is 1. The summed E-state index contributed by atoms with van der Waals surface area (Å²) in [5, 5.41) is 13.1. The van der Waals surface area contributed by atoms with E-state index < -0.39 is 0 Å². The Labute approximate surface area is 181 Å². The molecule has 1 aliphatic heterocycles. The zero-order valence-electron chi connectivity index (χ0n) is 18.2. The van der Waals surface area contributed by atoms with Gasteiger partial charge in [-0.15, -0.1) is 5.10 Å². The molecule has 1 saturated heterocycles. The molecule has 9 nitrogen and oxygen atoms in total. The molecule has 9 heteroatoms. The van der Waals surface area contributed by atoms with E-state index in [2.05, 4.69) is 44.5 Å². The molecule has 1 unspecified atom stereocenters. The Balaban J connectivity index is 1.59. The van der Waals surface area contributed by atoms with Crippen molar-refractivity contribution in [3.63, 3.8) is 0 Å². The van der Waals surface area contributed by atoms with Gasteiger partial charge in [0.15, 0.2) is 5.82 Å². The van der Waals surface area contributed by atoms with Crippen LogP contribution in [0.4, 0.5) is 0 Å². The number of methoxy groups -OCH3 is 1. The fraction of sp³-hybridized carbons (Fsp3) is 0.545. The molecule has 0 saturated carbocycles. The number of hydrogen-bond acceptors (Lipinski definition) is 7. The molecule has 1 aliphatic rings. The fourth-order valence-corrected chi connectivity index (χ4v) is 4.03. The highest BCUT2D eigenvalue weighted by molar-refractivity contribution is 5.79. The Hall–Kier alpha value is -2.62. The Kier molecular flexibility index (Phi) is 7.06. The number of aromatic nitrogens is 5. The van der Waals surface area contributed by atoms with Gasteiger partial charge in [-0.1, -0.05) is 13.0 Å². The predicted molar refractivity (Wildman–Crippen MR) is 117 cm³/mol. The molecule has 0 radical (unpaired) electrons. The number of aromatic amines is 1. The van der Waals surface area contributed by atoms with Crippen LogP contribution in [0.1, 0.15) is 36.7 Å². The lowest BCUT2D eigenvalue weighted by atomic mass is 10.1. The summed E-state index contributed by atoms with van der Waals surface area (Å²) in [6, 6.07) is 8.18. The van der Waals surface area contributed by atoms with Gasteiger partial charge in [-0.2, -0.15) is 0 Å². The van der Waals surface area contributed by atoms with Gasteiger partial charge in [-0.25, -0.2) is 4.68 Å². The summed E-state index contributed by atoms with van der Waals surface area (Å²) in [5.74, 6) is 0.750. The van der Waals surface area contributed by atoms with Crippen LogP contribution >= 0.6 is 0 Å². The molecule has 4 rings (SSSR count). The van der Waals surface area contributed by atoms with E-state index in [9.17, 15) is 4.79 Å². The molecule has 1 atom stereocenters. The second kappa shape index (κ2) is 10.1. The number of nitrogens with zero attached hydrogens (tertiary/aromatic N) is 5. The van der Waals surface area contributed by atoms with Crippen LogP contribution in [0.25, 0.3) is 10.9 Å². The van der Waals surface area contributed by atoms with Crippen LogP contribution in [0.15, 0.2) is 29.1 Å². The molecule has 0 spiro atoms. The van der Waals surface area contributed by atoms with Crippen LogP contribution < -0.4 is 5.56 Å².